The zero-order valence-corrected chi connectivity index (χ0v) is 8.88. The van der Waals surface area contributed by atoms with E-state index in [0.29, 0.717) is 12.2 Å². The number of benzene rings is 1. The van der Waals surface area contributed by atoms with Gasteiger partial charge in [-0.2, -0.15) is 0 Å². The van der Waals surface area contributed by atoms with Gasteiger partial charge >= 0.3 is 0 Å². The first-order valence-electron chi connectivity index (χ1n) is 4.69. The summed E-state index contributed by atoms with van der Waals surface area (Å²) in [6, 6.07) is 7.04. The van der Waals surface area contributed by atoms with Gasteiger partial charge in [0.2, 0.25) is 5.91 Å². The average Bonchev–Trinajstić information content (AvgIpc) is 2.31. The van der Waals surface area contributed by atoms with Gasteiger partial charge in [0.25, 0.3) is 0 Å². The van der Waals surface area contributed by atoms with Crippen molar-refractivity contribution in [2.45, 2.75) is 6.42 Å². The number of carbonyl (C=O) groups is 1. The Morgan fingerprint density at radius 2 is 2.19 bits per heavy atom. The number of hydrogen-bond donors (Lipinski definition) is 1. The molecule has 6 heteroatoms. The molecule has 0 aliphatic carbocycles. The zero-order chi connectivity index (χ0) is 11.8. The highest BCUT2D eigenvalue weighted by atomic mass is 16.5. The lowest BCUT2D eigenvalue weighted by Gasteiger charge is -2.04. The predicted molar refractivity (Wildman–Crippen MR) is 58.9 cm³/mol. The molecule has 0 atom stereocenters. The smallest absolute Gasteiger partial charge is 0.224 e. The second kappa shape index (κ2) is 6.31. The molecule has 0 unspecified atom stereocenters. The first-order valence-corrected chi connectivity index (χ1v) is 4.69. The summed E-state index contributed by atoms with van der Waals surface area (Å²) in [5.74, 6) is 0.566. The summed E-state index contributed by atoms with van der Waals surface area (Å²) in [5, 5.41) is 5.79. The number of likely N-dealkylation sites (N-methyl/N-ethyl adjacent to an activating group) is 1. The molecule has 84 valence electrons. The minimum absolute atomic E-state index is 0.0364. The van der Waals surface area contributed by atoms with Gasteiger partial charge in [-0.15, -0.1) is 0 Å². The van der Waals surface area contributed by atoms with Crippen LogP contribution in [0.1, 0.15) is 5.56 Å². The predicted octanol–water partition coefficient (Wildman–Crippen LogP) is 1.62. The van der Waals surface area contributed by atoms with Crippen LogP contribution in [0.15, 0.2) is 29.4 Å². The maximum atomic E-state index is 11.1. The van der Waals surface area contributed by atoms with Crippen molar-refractivity contribution >= 4 is 5.91 Å². The van der Waals surface area contributed by atoms with Crippen LogP contribution in [0, 0.1) is 0 Å². The molecule has 1 aromatic carbocycles. The van der Waals surface area contributed by atoms with Gasteiger partial charge in [0.15, 0.2) is 6.73 Å². The van der Waals surface area contributed by atoms with Crippen LogP contribution in [0.2, 0.25) is 0 Å². The third-order valence-corrected chi connectivity index (χ3v) is 1.92. The molecule has 1 N–H and O–H groups in total. The first-order chi connectivity index (χ1) is 7.76. The summed E-state index contributed by atoms with van der Waals surface area (Å²) in [4.78, 5) is 13.6. The molecule has 0 saturated heterocycles. The van der Waals surface area contributed by atoms with Crippen LogP contribution in [-0.4, -0.2) is 19.7 Å². The van der Waals surface area contributed by atoms with Crippen molar-refractivity contribution in [3.8, 4) is 5.75 Å². The summed E-state index contributed by atoms with van der Waals surface area (Å²) in [7, 11) is 1.60. The Labute approximate surface area is 92.8 Å². The number of nitrogens with zero attached hydrogens (tertiary/aromatic N) is 3. The summed E-state index contributed by atoms with van der Waals surface area (Å²) in [5.41, 5.74) is 8.95. The molecular formula is C10H12N4O2. The van der Waals surface area contributed by atoms with Crippen molar-refractivity contribution in [1.82, 2.24) is 5.32 Å². The van der Waals surface area contributed by atoms with Crippen LogP contribution in [0.4, 0.5) is 0 Å². The minimum Gasteiger partial charge on any atom is -0.488 e. The molecular weight excluding hydrogens is 208 g/mol. The minimum atomic E-state index is -0.0391. The lowest BCUT2D eigenvalue weighted by atomic mass is 10.1. The van der Waals surface area contributed by atoms with E-state index in [1.165, 1.54) is 0 Å². The molecule has 0 saturated carbocycles. The van der Waals surface area contributed by atoms with E-state index in [1.807, 2.05) is 0 Å². The number of amides is 1. The van der Waals surface area contributed by atoms with E-state index >= 15 is 0 Å². The second-order valence-corrected chi connectivity index (χ2v) is 3.00. The monoisotopic (exact) mass is 220 g/mol. The molecule has 1 aromatic rings. The molecule has 0 fully saturated rings. The Morgan fingerprint density at radius 3 is 2.75 bits per heavy atom. The Hall–Kier alpha value is -2.20. The van der Waals surface area contributed by atoms with Crippen molar-refractivity contribution in [2.75, 3.05) is 13.8 Å². The Balaban J connectivity index is 2.53. The topological polar surface area (TPSA) is 87.1 Å². The van der Waals surface area contributed by atoms with Gasteiger partial charge in [-0.3, -0.25) is 4.79 Å². The number of nitrogens with one attached hydrogen (secondary N) is 1. The first kappa shape index (κ1) is 11.9. The molecule has 0 aliphatic rings. The number of rotatable bonds is 5. The number of azide groups is 1. The fourth-order valence-electron chi connectivity index (χ4n) is 1.11. The van der Waals surface area contributed by atoms with E-state index in [9.17, 15) is 4.79 Å². The van der Waals surface area contributed by atoms with Gasteiger partial charge in [-0.05, 0) is 23.2 Å². The number of carbonyl (C=O) groups excluding carboxylic acids is 1. The number of hydrogen-bond acceptors (Lipinski definition) is 3. The zero-order valence-electron chi connectivity index (χ0n) is 8.88. The summed E-state index contributed by atoms with van der Waals surface area (Å²) >= 11 is 0. The van der Waals surface area contributed by atoms with Crippen LogP contribution in [0.25, 0.3) is 10.4 Å². The SMILES string of the molecule is CNC(=O)Cc1ccc(OCN=[N+]=[N-])cc1. The summed E-state index contributed by atoms with van der Waals surface area (Å²) in [6.45, 7) is -0.0364. The molecule has 0 radical (unpaired) electrons. The maximum absolute atomic E-state index is 11.1. The Kier molecular flexibility index (Phi) is 4.69. The van der Waals surface area contributed by atoms with Gasteiger partial charge in [0.05, 0.1) is 6.42 Å². The van der Waals surface area contributed by atoms with Crippen molar-refractivity contribution < 1.29 is 9.53 Å². The Morgan fingerprint density at radius 1 is 1.50 bits per heavy atom. The highest BCUT2D eigenvalue weighted by molar-refractivity contribution is 5.78. The quantitative estimate of drug-likeness (QED) is 0.464. The lowest BCUT2D eigenvalue weighted by molar-refractivity contribution is -0.119. The highest BCUT2D eigenvalue weighted by Crippen LogP contribution is 2.12. The maximum Gasteiger partial charge on any atom is 0.224 e. The van der Waals surface area contributed by atoms with Gasteiger partial charge in [-0.25, -0.2) is 0 Å². The van der Waals surface area contributed by atoms with E-state index in [0.717, 1.165) is 5.56 Å². The van der Waals surface area contributed by atoms with Crippen molar-refractivity contribution in [1.29, 1.82) is 0 Å². The third kappa shape index (κ3) is 3.89. The van der Waals surface area contributed by atoms with Crippen LogP contribution < -0.4 is 10.1 Å². The lowest BCUT2D eigenvalue weighted by Crippen LogP contribution is -2.19. The fraction of sp³-hybridized carbons (Fsp3) is 0.300. The van der Waals surface area contributed by atoms with E-state index < -0.39 is 0 Å². The molecule has 1 rings (SSSR count). The van der Waals surface area contributed by atoms with Gasteiger partial charge < -0.3 is 10.1 Å². The molecule has 0 aromatic heterocycles. The van der Waals surface area contributed by atoms with Crippen molar-refractivity contribution in [3.05, 3.63) is 40.3 Å². The van der Waals surface area contributed by atoms with E-state index in [4.69, 9.17) is 10.3 Å². The number of ether oxygens (including phenoxy) is 1. The van der Waals surface area contributed by atoms with Crippen LogP contribution >= 0.6 is 0 Å². The molecule has 6 nitrogen and oxygen atoms in total. The van der Waals surface area contributed by atoms with Gasteiger partial charge in [-0.1, -0.05) is 17.2 Å². The van der Waals surface area contributed by atoms with E-state index in [-0.39, 0.29) is 12.6 Å². The molecule has 0 heterocycles. The molecule has 1 amide bonds. The Bertz CT molecular complexity index is 396. The van der Waals surface area contributed by atoms with E-state index in [1.54, 1.807) is 31.3 Å². The van der Waals surface area contributed by atoms with Crippen LogP contribution in [0.5, 0.6) is 5.75 Å². The van der Waals surface area contributed by atoms with E-state index in [2.05, 4.69) is 15.3 Å². The largest absolute Gasteiger partial charge is 0.488 e. The standard InChI is InChI=1S/C10H12N4O2/c1-12-10(15)6-8-2-4-9(5-3-8)16-7-13-14-11/h2-5H,6-7H2,1H3,(H,12,15). The fourth-order valence-corrected chi connectivity index (χ4v) is 1.11. The van der Waals surface area contributed by atoms with Gasteiger partial charge in [0, 0.05) is 12.0 Å². The van der Waals surface area contributed by atoms with Gasteiger partial charge in [0.1, 0.15) is 5.75 Å². The molecule has 0 aliphatic heterocycles. The summed E-state index contributed by atoms with van der Waals surface area (Å²) in [6.07, 6.45) is 0.340. The molecule has 0 spiro atoms. The average molecular weight is 220 g/mol. The highest BCUT2D eigenvalue weighted by Gasteiger charge is 2.00. The van der Waals surface area contributed by atoms with Crippen molar-refractivity contribution in [3.63, 3.8) is 0 Å². The summed E-state index contributed by atoms with van der Waals surface area (Å²) < 4.78 is 5.11. The van der Waals surface area contributed by atoms with Crippen LogP contribution in [-0.2, 0) is 11.2 Å². The molecule has 0 bridgehead atoms. The molecule has 16 heavy (non-hydrogen) atoms. The van der Waals surface area contributed by atoms with Crippen molar-refractivity contribution in [2.24, 2.45) is 5.11 Å². The second-order valence-electron chi connectivity index (χ2n) is 3.00. The third-order valence-electron chi connectivity index (χ3n) is 1.92. The normalized spacial score (nSPS) is 9.06. The van der Waals surface area contributed by atoms with Crippen LogP contribution in [0.3, 0.4) is 0 Å².